The first-order valence-corrected chi connectivity index (χ1v) is 4.43. The number of aromatic nitrogens is 3. The van der Waals surface area contributed by atoms with Gasteiger partial charge in [-0.1, -0.05) is 0 Å². The van der Waals surface area contributed by atoms with Crippen molar-refractivity contribution in [3.8, 4) is 11.6 Å². The summed E-state index contributed by atoms with van der Waals surface area (Å²) in [5, 5.41) is 0. The van der Waals surface area contributed by atoms with Gasteiger partial charge in [-0.05, 0) is 0 Å². The van der Waals surface area contributed by atoms with E-state index >= 15 is 0 Å². The van der Waals surface area contributed by atoms with E-state index in [9.17, 15) is 18.0 Å². The van der Waals surface area contributed by atoms with Crippen LogP contribution in [-0.4, -0.2) is 20.8 Å². The first-order valence-electron chi connectivity index (χ1n) is 4.43. The molecule has 0 aliphatic rings. The number of alkyl halides is 3. The molecule has 0 N–H and O–H groups in total. The summed E-state index contributed by atoms with van der Waals surface area (Å²) in [6.45, 7) is 0. The van der Waals surface area contributed by atoms with Crippen molar-refractivity contribution in [2.45, 2.75) is 6.18 Å². The van der Waals surface area contributed by atoms with Gasteiger partial charge in [0.05, 0.1) is 6.33 Å². The van der Waals surface area contributed by atoms with Crippen molar-refractivity contribution in [2.24, 2.45) is 7.05 Å². The fourth-order valence-corrected chi connectivity index (χ4v) is 1.25. The maximum atomic E-state index is 12.5. The number of hydrogen-bond donors (Lipinski definition) is 0. The molecule has 2 rings (SSSR count). The predicted molar refractivity (Wildman–Crippen MR) is 49.1 cm³/mol. The zero-order chi connectivity index (χ0) is 12.6. The number of nitrogens with zero attached hydrogens (tertiary/aromatic N) is 3. The molecule has 0 spiro atoms. The first kappa shape index (κ1) is 11.4. The monoisotopic (exact) mass is 245 g/mol. The third-order valence-electron chi connectivity index (χ3n) is 1.95. The Morgan fingerprint density at radius 2 is 2.18 bits per heavy atom. The standard InChI is InChI=1S/C9H6F3N3O2/c1-15-2-5(13-4-15)8-14-7(9(10,11)12)6(3-16)17-8/h2-4H,1H3. The van der Waals surface area contributed by atoms with Gasteiger partial charge in [-0.25, -0.2) is 9.97 Å². The highest BCUT2D eigenvalue weighted by atomic mass is 19.4. The number of carbonyl (C=O) groups is 1. The Hall–Kier alpha value is -2.12. The molecule has 0 unspecified atom stereocenters. The minimum Gasteiger partial charge on any atom is -0.431 e. The molecule has 2 heterocycles. The highest BCUT2D eigenvalue weighted by Gasteiger charge is 2.39. The van der Waals surface area contributed by atoms with Gasteiger partial charge in [0.15, 0.2) is 17.7 Å². The molecule has 0 aliphatic carbocycles. The summed E-state index contributed by atoms with van der Waals surface area (Å²) in [4.78, 5) is 17.5. The van der Waals surface area contributed by atoms with E-state index in [0.29, 0.717) is 0 Å². The molecule has 8 heteroatoms. The van der Waals surface area contributed by atoms with Crippen LogP contribution in [0, 0.1) is 0 Å². The van der Waals surface area contributed by atoms with Gasteiger partial charge in [0, 0.05) is 13.2 Å². The number of aldehydes is 1. The van der Waals surface area contributed by atoms with Crippen LogP contribution in [0.3, 0.4) is 0 Å². The average molecular weight is 245 g/mol. The Kier molecular flexibility index (Phi) is 2.49. The van der Waals surface area contributed by atoms with Gasteiger partial charge in [-0.15, -0.1) is 0 Å². The van der Waals surface area contributed by atoms with Crippen LogP contribution in [0.25, 0.3) is 11.6 Å². The molecule has 0 aliphatic heterocycles. The van der Waals surface area contributed by atoms with Crippen LogP contribution in [-0.2, 0) is 13.2 Å². The topological polar surface area (TPSA) is 60.9 Å². The molecule has 0 aromatic carbocycles. The van der Waals surface area contributed by atoms with Crippen LogP contribution in [0.2, 0.25) is 0 Å². The van der Waals surface area contributed by atoms with Gasteiger partial charge >= 0.3 is 6.18 Å². The number of halogens is 3. The lowest BCUT2D eigenvalue weighted by atomic mass is 10.3. The maximum absolute atomic E-state index is 12.5. The van der Waals surface area contributed by atoms with Crippen molar-refractivity contribution in [3.63, 3.8) is 0 Å². The Morgan fingerprint density at radius 3 is 2.59 bits per heavy atom. The van der Waals surface area contributed by atoms with Crippen LogP contribution in [0.4, 0.5) is 13.2 Å². The molecule has 0 amide bonds. The summed E-state index contributed by atoms with van der Waals surface area (Å²) in [7, 11) is 1.64. The van der Waals surface area contributed by atoms with E-state index in [2.05, 4.69) is 9.97 Å². The molecular formula is C9H6F3N3O2. The van der Waals surface area contributed by atoms with Crippen LogP contribution < -0.4 is 0 Å². The number of imidazole rings is 1. The smallest absolute Gasteiger partial charge is 0.431 e. The summed E-state index contributed by atoms with van der Waals surface area (Å²) in [6.07, 6.45) is -1.94. The Labute approximate surface area is 92.9 Å². The lowest BCUT2D eigenvalue weighted by Crippen LogP contribution is -2.08. The van der Waals surface area contributed by atoms with E-state index in [1.165, 1.54) is 17.1 Å². The van der Waals surface area contributed by atoms with Gasteiger partial charge in [-0.2, -0.15) is 13.2 Å². The van der Waals surface area contributed by atoms with Gasteiger partial charge in [0.1, 0.15) is 5.69 Å². The normalized spacial score (nSPS) is 11.8. The summed E-state index contributed by atoms with van der Waals surface area (Å²) in [5.74, 6) is -1.18. The third-order valence-corrected chi connectivity index (χ3v) is 1.95. The number of carbonyl (C=O) groups excluding carboxylic acids is 1. The Morgan fingerprint density at radius 1 is 1.47 bits per heavy atom. The summed E-state index contributed by atoms with van der Waals surface area (Å²) < 4.78 is 43.6. The fourth-order valence-electron chi connectivity index (χ4n) is 1.25. The lowest BCUT2D eigenvalue weighted by molar-refractivity contribution is -0.141. The molecule has 5 nitrogen and oxygen atoms in total. The van der Waals surface area contributed by atoms with Crippen molar-refractivity contribution in [2.75, 3.05) is 0 Å². The first-order chi connectivity index (χ1) is 7.91. The molecule has 2 aromatic rings. The number of aryl methyl sites for hydroxylation is 1. The average Bonchev–Trinajstić information content (AvgIpc) is 2.81. The van der Waals surface area contributed by atoms with E-state index in [4.69, 9.17) is 4.42 Å². The maximum Gasteiger partial charge on any atom is 0.437 e. The van der Waals surface area contributed by atoms with E-state index in [-0.39, 0.29) is 17.9 Å². The quantitative estimate of drug-likeness (QED) is 0.758. The highest BCUT2D eigenvalue weighted by Crippen LogP contribution is 2.33. The Balaban J connectivity index is 2.52. The van der Waals surface area contributed by atoms with Crippen molar-refractivity contribution >= 4 is 6.29 Å². The van der Waals surface area contributed by atoms with Crippen molar-refractivity contribution in [3.05, 3.63) is 24.0 Å². The van der Waals surface area contributed by atoms with Crippen molar-refractivity contribution < 1.29 is 22.4 Å². The SMILES string of the molecule is Cn1cnc(-c2nc(C(F)(F)F)c(C=O)o2)c1. The second-order valence-corrected chi connectivity index (χ2v) is 3.27. The van der Waals surface area contributed by atoms with Crippen LogP contribution >= 0.6 is 0 Å². The second-order valence-electron chi connectivity index (χ2n) is 3.27. The van der Waals surface area contributed by atoms with Crippen molar-refractivity contribution in [1.29, 1.82) is 0 Å². The number of rotatable bonds is 2. The molecule has 0 radical (unpaired) electrons. The summed E-state index contributed by atoms with van der Waals surface area (Å²) >= 11 is 0. The minimum atomic E-state index is -4.73. The van der Waals surface area contributed by atoms with Gasteiger partial charge in [-0.3, -0.25) is 4.79 Å². The molecular weight excluding hydrogens is 239 g/mol. The lowest BCUT2D eigenvalue weighted by Gasteiger charge is -1.99. The minimum absolute atomic E-state index is 0.0255. The highest BCUT2D eigenvalue weighted by molar-refractivity contribution is 5.73. The molecule has 0 saturated heterocycles. The zero-order valence-corrected chi connectivity index (χ0v) is 8.52. The van der Waals surface area contributed by atoms with E-state index in [1.54, 1.807) is 7.05 Å². The third kappa shape index (κ3) is 2.05. The second kappa shape index (κ2) is 3.72. The van der Waals surface area contributed by atoms with E-state index < -0.39 is 17.6 Å². The van der Waals surface area contributed by atoms with Gasteiger partial charge in [0.25, 0.3) is 0 Å². The fraction of sp³-hybridized carbons (Fsp3) is 0.222. The largest absolute Gasteiger partial charge is 0.437 e. The molecule has 0 fully saturated rings. The number of hydrogen-bond acceptors (Lipinski definition) is 4. The van der Waals surface area contributed by atoms with Gasteiger partial charge in [0.2, 0.25) is 5.89 Å². The Bertz CT molecular complexity index is 556. The van der Waals surface area contributed by atoms with Crippen LogP contribution in [0.15, 0.2) is 16.9 Å². The van der Waals surface area contributed by atoms with Crippen LogP contribution in [0.1, 0.15) is 16.2 Å². The molecule has 90 valence electrons. The molecule has 2 aromatic heterocycles. The molecule has 0 bridgehead atoms. The van der Waals surface area contributed by atoms with E-state index in [0.717, 1.165) is 0 Å². The number of oxazole rings is 1. The zero-order valence-electron chi connectivity index (χ0n) is 8.52. The van der Waals surface area contributed by atoms with Gasteiger partial charge < -0.3 is 8.98 Å². The molecule has 0 saturated carbocycles. The summed E-state index contributed by atoms with van der Waals surface area (Å²) in [6, 6.07) is 0. The molecule has 17 heavy (non-hydrogen) atoms. The summed E-state index contributed by atoms with van der Waals surface area (Å²) in [5.41, 5.74) is -1.21. The predicted octanol–water partition coefficient (Wildman–Crippen LogP) is 1.91. The van der Waals surface area contributed by atoms with Crippen molar-refractivity contribution in [1.82, 2.24) is 14.5 Å². The van der Waals surface area contributed by atoms with Crippen LogP contribution in [0.5, 0.6) is 0 Å². The molecule has 0 atom stereocenters. The van der Waals surface area contributed by atoms with E-state index in [1.807, 2.05) is 0 Å².